The first-order chi connectivity index (χ1) is 14.2. The maximum absolute atomic E-state index is 13.9. The first kappa shape index (κ1) is 18.9. The largest absolute Gasteiger partial charge is 0.493 e. The van der Waals surface area contributed by atoms with Gasteiger partial charge in [0.25, 0.3) is 0 Å². The Balaban J connectivity index is 1.51. The number of carbonyl (C=O) groups excluding carboxylic acids is 1. The minimum Gasteiger partial charge on any atom is -0.493 e. The quantitative estimate of drug-likeness (QED) is 0.838. The number of hydrogen-bond donors (Lipinski definition) is 1. The molecule has 1 aromatic heterocycles. The van der Waals surface area contributed by atoms with E-state index in [9.17, 15) is 4.79 Å². The van der Waals surface area contributed by atoms with E-state index < -0.39 is 0 Å². The normalized spacial score (nSPS) is 28.8. The van der Waals surface area contributed by atoms with Crippen molar-refractivity contribution in [2.24, 2.45) is 5.92 Å². The molecule has 154 valence electrons. The number of fused-ring (bicyclic) bond motifs is 2. The number of carbonyl (C=O) groups is 1. The summed E-state index contributed by atoms with van der Waals surface area (Å²) in [6, 6.07) is 6.16. The summed E-state index contributed by atoms with van der Waals surface area (Å²) in [5, 5.41) is 6.59. The maximum atomic E-state index is 13.9. The highest BCUT2D eigenvalue weighted by molar-refractivity contribution is 7.09. The monoisotopic (exact) mass is 413 g/mol. The van der Waals surface area contributed by atoms with Crippen molar-refractivity contribution >= 4 is 17.2 Å². The molecule has 29 heavy (non-hydrogen) atoms. The van der Waals surface area contributed by atoms with Crippen LogP contribution in [0.5, 0.6) is 11.5 Å². The van der Waals surface area contributed by atoms with Crippen LogP contribution in [-0.2, 0) is 10.2 Å². The van der Waals surface area contributed by atoms with Crippen LogP contribution in [0.15, 0.2) is 29.8 Å². The summed E-state index contributed by atoms with van der Waals surface area (Å²) in [7, 11) is 1.67. The van der Waals surface area contributed by atoms with Crippen molar-refractivity contribution in [1.82, 2.24) is 15.2 Å². The number of ether oxygens (including phenoxy) is 2. The van der Waals surface area contributed by atoms with Crippen LogP contribution in [-0.4, -0.2) is 49.1 Å². The zero-order chi connectivity index (χ0) is 19.8. The van der Waals surface area contributed by atoms with Gasteiger partial charge in [0.2, 0.25) is 5.91 Å². The lowest BCUT2D eigenvalue weighted by Crippen LogP contribution is -2.50. The Morgan fingerprint density at radius 3 is 3.17 bits per heavy atom. The summed E-state index contributed by atoms with van der Waals surface area (Å²) in [4.78, 5) is 20.6. The standard InChI is InChI=1S/C22H27N3O3S/c1-27-18-7-4-5-15-19(18)28-11-8-22(15)14-23-13-16(22)21(26)25-10-3-2-6-17(25)20-24-9-12-29-20/h4-5,7,9,12,16-17,23H,2-3,6,8,10-11,13-14H2,1H3/t16-,17?,22-/m0/s1. The van der Waals surface area contributed by atoms with Gasteiger partial charge in [-0.05, 0) is 31.7 Å². The summed E-state index contributed by atoms with van der Waals surface area (Å²) in [6.07, 6.45) is 5.90. The predicted octanol–water partition coefficient (Wildman–Crippen LogP) is 3.15. The molecule has 5 rings (SSSR count). The molecule has 1 amide bonds. The van der Waals surface area contributed by atoms with Crippen LogP contribution in [0.4, 0.5) is 0 Å². The summed E-state index contributed by atoms with van der Waals surface area (Å²) < 4.78 is 11.5. The fourth-order valence-corrected chi connectivity index (χ4v) is 6.15. The number of nitrogens with zero attached hydrogens (tertiary/aromatic N) is 2. The number of rotatable bonds is 3. The topological polar surface area (TPSA) is 63.7 Å². The molecule has 0 bridgehead atoms. The summed E-state index contributed by atoms with van der Waals surface area (Å²) >= 11 is 1.66. The lowest BCUT2D eigenvalue weighted by molar-refractivity contribution is -0.141. The van der Waals surface area contributed by atoms with Gasteiger partial charge in [-0.3, -0.25) is 4.79 Å². The minimum atomic E-state index is -0.246. The summed E-state index contributed by atoms with van der Waals surface area (Å²) in [5.74, 6) is 1.71. The van der Waals surface area contributed by atoms with Gasteiger partial charge in [0.1, 0.15) is 5.01 Å². The number of likely N-dealkylation sites (tertiary alicyclic amines) is 1. The van der Waals surface area contributed by atoms with Gasteiger partial charge in [-0.15, -0.1) is 11.3 Å². The van der Waals surface area contributed by atoms with Crippen molar-refractivity contribution in [2.75, 3.05) is 33.4 Å². The number of methoxy groups -OCH3 is 1. The zero-order valence-corrected chi connectivity index (χ0v) is 17.5. The summed E-state index contributed by atoms with van der Waals surface area (Å²) in [5.41, 5.74) is 0.860. The smallest absolute Gasteiger partial charge is 0.228 e. The first-order valence-corrected chi connectivity index (χ1v) is 11.3. The molecule has 4 heterocycles. The van der Waals surface area contributed by atoms with Crippen LogP contribution >= 0.6 is 11.3 Å². The van der Waals surface area contributed by atoms with Gasteiger partial charge in [-0.1, -0.05) is 12.1 Å². The molecule has 3 aliphatic rings. The number of hydrogen-bond acceptors (Lipinski definition) is 6. The fraction of sp³-hybridized carbons (Fsp3) is 0.545. The van der Waals surface area contributed by atoms with Crippen LogP contribution in [0.2, 0.25) is 0 Å². The van der Waals surface area contributed by atoms with E-state index in [-0.39, 0.29) is 23.3 Å². The molecule has 0 radical (unpaired) electrons. The number of piperidine rings is 1. The molecule has 2 saturated heterocycles. The van der Waals surface area contributed by atoms with Crippen LogP contribution in [0.25, 0.3) is 0 Å². The van der Waals surface area contributed by atoms with Gasteiger partial charge in [-0.25, -0.2) is 4.98 Å². The Hall–Kier alpha value is -2.12. The molecule has 0 saturated carbocycles. The molecule has 1 aromatic carbocycles. The number of amides is 1. The molecule has 1 N–H and O–H groups in total. The second kappa shape index (κ2) is 7.61. The third kappa shape index (κ3) is 3.02. The van der Waals surface area contributed by atoms with Crippen molar-refractivity contribution in [1.29, 1.82) is 0 Å². The van der Waals surface area contributed by atoms with Crippen molar-refractivity contribution in [3.8, 4) is 11.5 Å². The molecular formula is C22H27N3O3S. The van der Waals surface area contributed by atoms with E-state index in [4.69, 9.17) is 9.47 Å². The third-order valence-electron chi connectivity index (χ3n) is 6.81. The third-order valence-corrected chi connectivity index (χ3v) is 7.68. The molecule has 3 aliphatic heterocycles. The molecule has 3 atom stereocenters. The van der Waals surface area contributed by atoms with E-state index in [1.54, 1.807) is 18.4 Å². The highest BCUT2D eigenvalue weighted by atomic mass is 32.1. The first-order valence-electron chi connectivity index (χ1n) is 10.5. The minimum absolute atomic E-state index is 0.0992. The van der Waals surface area contributed by atoms with E-state index in [0.717, 1.165) is 60.8 Å². The Morgan fingerprint density at radius 1 is 1.41 bits per heavy atom. The van der Waals surface area contributed by atoms with Crippen molar-refractivity contribution < 1.29 is 14.3 Å². The second-order valence-corrected chi connectivity index (χ2v) is 9.11. The van der Waals surface area contributed by atoms with Crippen LogP contribution in [0, 0.1) is 5.92 Å². The SMILES string of the molecule is COc1cccc2c1OCC[C@]21CNC[C@H]1C(=O)N1CCCCC1c1nccs1. The van der Waals surface area contributed by atoms with Crippen molar-refractivity contribution in [3.63, 3.8) is 0 Å². The molecule has 6 nitrogen and oxygen atoms in total. The molecule has 2 fully saturated rings. The number of para-hydroxylation sites is 1. The number of thiazole rings is 1. The number of nitrogens with one attached hydrogen (secondary N) is 1. The average Bonchev–Trinajstić information content (AvgIpc) is 3.44. The van der Waals surface area contributed by atoms with E-state index in [2.05, 4.69) is 21.3 Å². The van der Waals surface area contributed by atoms with Gasteiger partial charge >= 0.3 is 0 Å². The molecule has 1 unspecified atom stereocenters. The fourth-order valence-electron chi connectivity index (χ4n) is 5.37. The lowest BCUT2D eigenvalue weighted by Gasteiger charge is -2.43. The van der Waals surface area contributed by atoms with E-state index in [1.807, 2.05) is 23.7 Å². The Morgan fingerprint density at radius 2 is 2.34 bits per heavy atom. The van der Waals surface area contributed by atoms with Crippen LogP contribution < -0.4 is 14.8 Å². The van der Waals surface area contributed by atoms with E-state index in [1.165, 1.54) is 0 Å². The van der Waals surface area contributed by atoms with Crippen molar-refractivity contribution in [2.45, 2.75) is 37.1 Å². The van der Waals surface area contributed by atoms with Gasteiger partial charge in [0, 0.05) is 42.2 Å². The Kier molecular flexibility index (Phi) is 4.95. The predicted molar refractivity (Wildman–Crippen MR) is 112 cm³/mol. The number of benzene rings is 1. The molecule has 1 spiro atoms. The van der Waals surface area contributed by atoms with Gasteiger partial charge in [0.05, 0.1) is 25.7 Å². The second-order valence-electron chi connectivity index (χ2n) is 8.19. The molecule has 2 aromatic rings. The lowest BCUT2D eigenvalue weighted by atomic mass is 9.68. The van der Waals surface area contributed by atoms with E-state index in [0.29, 0.717) is 13.2 Å². The molecule has 0 aliphatic carbocycles. The average molecular weight is 414 g/mol. The van der Waals surface area contributed by atoms with Crippen LogP contribution in [0.1, 0.15) is 42.3 Å². The number of aromatic nitrogens is 1. The van der Waals surface area contributed by atoms with Gasteiger partial charge in [0.15, 0.2) is 11.5 Å². The Bertz CT molecular complexity index is 887. The summed E-state index contributed by atoms with van der Waals surface area (Å²) in [6.45, 7) is 2.92. The van der Waals surface area contributed by atoms with E-state index >= 15 is 0 Å². The van der Waals surface area contributed by atoms with Gasteiger partial charge < -0.3 is 19.7 Å². The Labute approximate surface area is 175 Å². The molecule has 7 heteroatoms. The molecular weight excluding hydrogens is 386 g/mol. The zero-order valence-electron chi connectivity index (χ0n) is 16.7. The van der Waals surface area contributed by atoms with Gasteiger partial charge in [-0.2, -0.15) is 0 Å². The highest BCUT2D eigenvalue weighted by Crippen LogP contribution is 2.50. The maximum Gasteiger partial charge on any atom is 0.228 e. The van der Waals surface area contributed by atoms with Crippen molar-refractivity contribution in [3.05, 3.63) is 40.3 Å². The van der Waals surface area contributed by atoms with Crippen LogP contribution in [0.3, 0.4) is 0 Å². The highest BCUT2D eigenvalue weighted by Gasteiger charge is 2.53.